The maximum Gasteiger partial charge on any atom is 0.0125 e. The van der Waals surface area contributed by atoms with Gasteiger partial charge in [0, 0.05) is 18.6 Å². The molecule has 0 aromatic rings. The van der Waals surface area contributed by atoms with Crippen molar-refractivity contribution in [3.05, 3.63) is 0 Å². The first-order valence-corrected chi connectivity index (χ1v) is 6.03. The van der Waals surface area contributed by atoms with E-state index in [-0.39, 0.29) is 0 Å². The van der Waals surface area contributed by atoms with Crippen molar-refractivity contribution in [3.8, 4) is 0 Å². The van der Waals surface area contributed by atoms with Gasteiger partial charge in [-0.15, -0.1) is 0 Å². The first kappa shape index (κ1) is 10.4. The van der Waals surface area contributed by atoms with Crippen LogP contribution in [0.15, 0.2) is 0 Å². The van der Waals surface area contributed by atoms with Crippen LogP contribution < -0.4 is 5.32 Å². The van der Waals surface area contributed by atoms with Crippen LogP contribution in [0.1, 0.15) is 33.6 Å². The summed E-state index contributed by atoms with van der Waals surface area (Å²) in [6.45, 7) is 12.1. The molecule has 0 aliphatic carbocycles. The number of hydrogen-bond donors (Lipinski definition) is 1. The zero-order valence-electron chi connectivity index (χ0n) is 9.84. The molecule has 0 aromatic heterocycles. The molecule has 0 aromatic carbocycles. The van der Waals surface area contributed by atoms with Crippen LogP contribution in [-0.2, 0) is 0 Å². The van der Waals surface area contributed by atoms with E-state index < -0.39 is 0 Å². The van der Waals surface area contributed by atoms with Gasteiger partial charge in [-0.3, -0.25) is 4.90 Å². The molecule has 1 atom stereocenters. The van der Waals surface area contributed by atoms with E-state index in [0.29, 0.717) is 5.54 Å². The summed E-state index contributed by atoms with van der Waals surface area (Å²) in [7, 11) is 0. The Labute approximate surface area is 88.1 Å². The molecule has 0 unspecified atom stereocenters. The van der Waals surface area contributed by atoms with Crippen molar-refractivity contribution in [2.24, 2.45) is 11.8 Å². The molecule has 0 spiro atoms. The molecule has 2 aliphatic heterocycles. The Morgan fingerprint density at radius 2 is 1.86 bits per heavy atom. The summed E-state index contributed by atoms with van der Waals surface area (Å²) in [6.07, 6.45) is 2.84. The van der Waals surface area contributed by atoms with Gasteiger partial charge in [0.25, 0.3) is 0 Å². The van der Waals surface area contributed by atoms with Gasteiger partial charge in [0.1, 0.15) is 0 Å². The van der Waals surface area contributed by atoms with Gasteiger partial charge >= 0.3 is 0 Å². The van der Waals surface area contributed by atoms with E-state index in [0.717, 1.165) is 11.8 Å². The third-order valence-electron chi connectivity index (χ3n) is 3.86. The number of piperidine rings is 1. The molecule has 2 rings (SSSR count). The lowest BCUT2D eigenvalue weighted by molar-refractivity contribution is -0.0178. The Balaban J connectivity index is 1.76. The number of nitrogens with one attached hydrogen (secondary N) is 1. The second kappa shape index (κ2) is 3.82. The fourth-order valence-electron chi connectivity index (χ4n) is 2.64. The summed E-state index contributed by atoms with van der Waals surface area (Å²) in [5, 5.41) is 3.52. The Hall–Kier alpha value is -0.0800. The highest BCUT2D eigenvalue weighted by Crippen LogP contribution is 2.32. The molecule has 14 heavy (non-hydrogen) atoms. The van der Waals surface area contributed by atoms with Crippen LogP contribution in [0.5, 0.6) is 0 Å². The van der Waals surface area contributed by atoms with Crippen LogP contribution in [0.3, 0.4) is 0 Å². The molecule has 0 bridgehead atoms. The van der Waals surface area contributed by atoms with Gasteiger partial charge in [0.2, 0.25) is 0 Å². The molecular weight excluding hydrogens is 172 g/mol. The number of likely N-dealkylation sites (tertiary alicyclic amines) is 1. The lowest BCUT2D eigenvalue weighted by atomic mass is 9.79. The van der Waals surface area contributed by atoms with Crippen molar-refractivity contribution in [3.63, 3.8) is 0 Å². The molecule has 2 fully saturated rings. The summed E-state index contributed by atoms with van der Waals surface area (Å²) in [6, 6.07) is 0. The van der Waals surface area contributed by atoms with Gasteiger partial charge < -0.3 is 5.32 Å². The van der Waals surface area contributed by atoms with Crippen LogP contribution in [0.4, 0.5) is 0 Å². The topological polar surface area (TPSA) is 15.3 Å². The summed E-state index contributed by atoms with van der Waals surface area (Å²) in [5.74, 6) is 1.93. The Bertz CT molecular complexity index is 183. The van der Waals surface area contributed by atoms with Gasteiger partial charge in [-0.1, -0.05) is 0 Å². The maximum atomic E-state index is 3.52. The van der Waals surface area contributed by atoms with Crippen molar-refractivity contribution >= 4 is 0 Å². The number of nitrogens with zero attached hydrogens (tertiary/aromatic N) is 1. The predicted molar refractivity (Wildman–Crippen MR) is 60.4 cm³/mol. The van der Waals surface area contributed by atoms with Crippen molar-refractivity contribution in [1.29, 1.82) is 0 Å². The highest BCUT2D eigenvalue weighted by Gasteiger charge is 2.38. The SMILES string of the molecule is CC(C)(C)N1CC([C@@H]2CCCNC2)C1. The number of rotatable bonds is 1. The summed E-state index contributed by atoms with van der Waals surface area (Å²) < 4.78 is 0. The van der Waals surface area contributed by atoms with Gasteiger partial charge in [-0.25, -0.2) is 0 Å². The van der Waals surface area contributed by atoms with E-state index in [1.54, 1.807) is 0 Å². The Morgan fingerprint density at radius 3 is 2.36 bits per heavy atom. The third-order valence-corrected chi connectivity index (χ3v) is 3.86. The molecule has 2 heterocycles. The summed E-state index contributed by atoms with van der Waals surface area (Å²) in [4.78, 5) is 2.60. The highest BCUT2D eigenvalue weighted by molar-refractivity contribution is 4.92. The highest BCUT2D eigenvalue weighted by atomic mass is 15.2. The normalized spacial score (nSPS) is 31.5. The van der Waals surface area contributed by atoms with Crippen LogP contribution in [-0.4, -0.2) is 36.6 Å². The zero-order chi connectivity index (χ0) is 10.2. The maximum absolute atomic E-state index is 3.52. The lowest BCUT2D eigenvalue weighted by Crippen LogP contribution is -2.59. The minimum absolute atomic E-state index is 0.387. The first-order valence-electron chi connectivity index (χ1n) is 6.03. The minimum Gasteiger partial charge on any atom is -0.316 e. The van der Waals surface area contributed by atoms with Gasteiger partial charge in [-0.2, -0.15) is 0 Å². The van der Waals surface area contributed by atoms with E-state index in [1.165, 1.54) is 39.0 Å². The van der Waals surface area contributed by atoms with Gasteiger partial charge in [-0.05, 0) is 58.5 Å². The Kier molecular flexibility index (Phi) is 2.85. The molecule has 0 amide bonds. The van der Waals surface area contributed by atoms with E-state index >= 15 is 0 Å². The summed E-state index contributed by atoms with van der Waals surface area (Å²) >= 11 is 0. The molecule has 1 N–H and O–H groups in total. The Morgan fingerprint density at radius 1 is 1.14 bits per heavy atom. The first-order chi connectivity index (χ1) is 6.57. The van der Waals surface area contributed by atoms with Crippen molar-refractivity contribution in [1.82, 2.24) is 10.2 Å². The molecule has 2 aliphatic rings. The third kappa shape index (κ3) is 2.12. The van der Waals surface area contributed by atoms with E-state index in [9.17, 15) is 0 Å². The number of hydrogen-bond acceptors (Lipinski definition) is 2. The quantitative estimate of drug-likeness (QED) is 0.687. The van der Waals surface area contributed by atoms with Gasteiger partial charge in [0.05, 0.1) is 0 Å². The van der Waals surface area contributed by atoms with Crippen LogP contribution in [0.25, 0.3) is 0 Å². The molecule has 0 saturated carbocycles. The minimum atomic E-state index is 0.387. The smallest absolute Gasteiger partial charge is 0.0125 e. The molecule has 2 saturated heterocycles. The van der Waals surface area contributed by atoms with E-state index in [1.807, 2.05) is 0 Å². The molecule has 0 radical (unpaired) electrons. The fraction of sp³-hybridized carbons (Fsp3) is 1.00. The lowest BCUT2D eigenvalue weighted by Gasteiger charge is -2.51. The largest absolute Gasteiger partial charge is 0.316 e. The van der Waals surface area contributed by atoms with Crippen LogP contribution >= 0.6 is 0 Å². The van der Waals surface area contributed by atoms with E-state index in [4.69, 9.17) is 0 Å². The monoisotopic (exact) mass is 196 g/mol. The molecule has 2 nitrogen and oxygen atoms in total. The van der Waals surface area contributed by atoms with Gasteiger partial charge in [0.15, 0.2) is 0 Å². The molecule has 82 valence electrons. The van der Waals surface area contributed by atoms with E-state index in [2.05, 4.69) is 31.0 Å². The van der Waals surface area contributed by atoms with Crippen molar-refractivity contribution in [2.45, 2.75) is 39.2 Å². The summed E-state index contributed by atoms with van der Waals surface area (Å²) in [5.41, 5.74) is 0.387. The van der Waals surface area contributed by atoms with Crippen molar-refractivity contribution < 1.29 is 0 Å². The van der Waals surface area contributed by atoms with Crippen LogP contribution in [0.2, 0.25) is 0 Å². The second-order valence-corrected chi connectivity index (χ2v) is 5.94. The average molecular weight is 196 g/mol. The zero-order valence-corrected chi connectivity index (χ0v) is 9.84. The second-order valence-electron chi connectivity index (χ2n) is 5.94. The predicted octanol–water partition coefficient (Wildman–Crippen LogP) is 1.72. The average Bonchev–Trinajstić information content (AvgIpc) is 2.00. The van der Waals surface area contributed by atoms with Crippen molar-refractivity contribution in [2.75, 3.05) is 26.2 Å². The molecular formula is C12H24N2. The standard InChI is InChI=1S/C12H24N2/c1-12(2,3)14-8-11(9-14)10-5-4-6-13-7-10/h10-11,13H,4-9H2,1-3H3/t10-/m1/s1. The fourth-order valence-corrected chi connectivity index (χ4v) is 2.64. The molecule has 2 heteroatoms. The van der Waals surface area contributed by atoms with Crippen LogP contribution in [0, 0.1) is 11.8 Å².